The number of ether oxygens (including phenoxy) is 2. The Balaban J connectivity index is 0.000000284. The number of carbonyl (C=O) groups excluding carboxylic acids is 2. The highest BCUT2D eigenvalue weighted by atomic mass is 16.5. The molecule has 11 nitrogen and oxygen atoms in total. The maximum absolute atomic E-state index is 11.5. The van der Waals surface area contributed by atoms with E-state index in [4.69, 9.17) is 35.0 Å². The molecule has 2 aliphatic rings. The zero-order valence-electron chi connectivity index (χ0n) is 18.1. The van der Waals surface area contributed by atoms with Crippen molar-refractivity contribution in [2.24, 2.45) is 0 Å². The number of carboxylic acid groups (broad SMARTS) is 2. The van der Waals surface area contributed by atoms with E-state index in [2.05, 4.69) is 0 Å². The van der Waals surface area contributed by atoms with E-state index in [0.29, 0.717) is 37.2 Å². The van der Waals surface area contributed by atoms with Gasteiger partial charge < -0.3 is 35.0 Å². The molecule has 11 heteroatoms. The zero-order chi connectivity index (χ0) is 25.5. The summed E-state index contributed by atoms with van der Waals surface area (Å²) in [6, 6.07) is 11.3. The number of aliphatic hydroxyl groups is 3. The average Bonchev–Trinajstić information content (AvgIpc) is 2.85. The first-order chi connectivity index (χ1) is 16.2. The standard InChI is InChI=1S/C12H12O4.C8H6O4.C3H8O3/c13-11-9-3-5-10(6-4-9)12(14)16-8-2-1-7-15-11;9-7(10)5-1-2-6(4-3-5)8(11)12;4-1-3(6)2-5/h3-6H,1-2,7-8H2;1-4H,(H,9,10)(H,11,12);3-6H,1-2H2. The van der Waals surface area contributed by atoms with Gasteiger partial charge in [0.1, 0.15) is 6.10 Å². The van der Waals surface area contributed by atoms with Crippen LogP contribution in [-0.2, 0) is 9.47 Å². The van der Waals surface area contributed by atoms with Crippen LogP contribution < -0.4 is 0 Å². The topological polar surface area (TPSA) is 188 Å². The number of hydrogen-bond donors (Lipinski definition) is 5. The lowest BCUT2D eigenvalue weighted by Crippen LogP contribution is -2.15. The van der Waals surface area contributed by atoms with E-state index >= 15 is 0 Å². The van der Waals surface area contributed by atoms with Gasteiger partial charge in [0.2, 0.25) is 0 Å². The lowest BCUT2D eigenvalue weighted by Gasteiger charge is -2.09. The molecule has 0 saturated heterocycles. The van der Waals surface area contributed by atoms with Crippen LogP contribution in [0.5, 0.6) is 0 Å². The second-order valence-corrected chi connectivity index (χ2v) is 6.76. The fourth-order valence-electron chi connectivity index (χ4n) is 2.26. The molecule has 0 radical (unpaired) electrons. The summed E-state index contributed by atoms with van der Waals surface area (Å²) in [5, 5.41) is 40.9. The van der Waals surface area contributed by atoms with Crippen LogP contribution in [-0.4, -0.2) is 81.9 Å². The highest BCUT2D eigenvalue weighted by Gasteiger charge is 2.12. The lowest BCUT2D eigenvalue weighted by atomic mass is 10.1. The first kappa shape index (κ1) is 28.2. The Morgan fingerprint density at radius 2 is 1.03 bits per heavy atom. The van der Waals surface area contributed by atoms with Crippen molar-refractivity contribution in [1.29, 1.82) is 0 Å². The predicted octanol–water partition coefficient (Wildman–Crippen LogP) is 1.21. The van der Waals surface area contributed by atoms with Gasteiger partial charge in [-0.15, -0.1) is 0 Å². The molecule has 5 N–H and O–H groups in total. The third-order valence-electron chi connectivity index (χ3n) is 4.16. The summed E-state index contributed by atoms with van der Waals surface area (Å²) < 4.78 is 10.1. The lowest BCUT2D eigenvalue weighted by molar-refractivity contribution is 0.0427. The number of benzene rings is 2. The first-order valence-corrected chi connectivity index (χ1v) is 10.1. The van der Waals surface area contributed by atoms with Crippen molar-refractivity contribution in [2.75, 3.05) is 26.4 Å². The van der Waals surface area contributed by atoms with Crippen LogP contribution in [0.25, 0.3) is 0 Å². The third-order valence-corrected chi connectivity index (χ3v) is 4.16. The summed E-state index contributed by atoms with van der Waals surface area (Å²) >= 11 is 0. The molecular weight excluding hydrogens is 452 g/mol. The van der Waals surface area contributed by atoms with E-state index < -0.39 is 18.0 Å². The van der Waals surface area contributed by atoms with Crippen LogP contribution in [0.2, 0.25) is 0 Å². The van der Waals surface area contributed by atoms with Crippen molar-refractivity contribution < 1.29 is 54.2 Å². The van der Waals surface area contributed by atoms with Crippen LogP contribution in [0.1, 0.15) is 54.3 Å². The summed E-state index contributed by atoms with van der Waals surface area (Å²) in [7, 11) is 0. The minimum Gasteiger partial charge on any atom is -0.478 e. The molecule has 0 fully saturated rings. The molecule has 2 aromatic carbocycles. The number of rotatable bonds is 4. The van der Waals surface area contributed by atoms with Crippen molar-refractivity contribution in [2.45, 2.75) is 18.9 Å². The number of carboxylic acids is 2. The second kappa shape index (κ2) is 15.1. The Morgan fingerprint density at radius 3 is 1.26 bits per heavy atom. The Bertz CT molecular complexity index is 860. The summed E-state index contributed by atoms with van der Waals surface area (Å²) in [6.45, 7) is -0.0106. The maximum Gasteiger partial charge on any atom is 0.338 e. The molecule has 0 atom stereocenters. The number of esters is 2. The van der Waals surface area contributed by atoms with E-state index in [1.54, 1.807) is 24.3 Å². The highest BCUT2D eigenvalue weighted by Crippen LogP contribution is 2.09. The van der Waals surface area contributed by atoms with Crippen LogP contribution >= 0.6 is 0 Å². The summed E-state index contributed by atoms with van der Waals surface area (Å²) in [5.41, 5.74) is 1.08. The molecule has 2 aliphatic heterocycles. The molecule has 0 aromatic heterocycles. The van der Waals surface area contributed by atoms with Gasteiger partial charge in [0.25, 0.3) is 0 Å². The van der Waals surface area contributed by atoms with E-state index in [0.717, 1.165) is 0 Å². The molecule has 184 valence electrons. The summed E-state index contributed by atoms with van der Waals surface area (Å²) in [6.07, 6.45) is 0.453. The molecule has 0 aliphatic carbocycles. The average molecular weight is 478 g/mol. The quantitative estimate of drug-likeness (QED) is 0.397. The number of carbonyl (C=O) groups is 4. The molecule has 2 heterocycles. The zero-order valence-corrected chi connectivity index (χ0v) is 18.1. The molecule has 0 saturated carbocycles. The largest absolute Gasteiger partial charge is 0.478 e. The molecule has 0 unspecified atom stereocenters. The van der Waals surface area contributed by atoms with Gasteiger partial charge in [0.15, 0.2) is 0 Å². The molecule has 4 rings (SSSR count). The van der Waals surface area contributed by atoms with E-state index in [9.17, 15) is 19.2 Å². The van der Waals surface area contributed by atoms with Crippen LogP contribution in [0.4, 0.5) is 0 Å². The van der Waals surface area contributed by atoms with Gasteiger partial charge in [0, 0.05) is 0 Å². The first-order valence-electron chi connectivity index (χ1n) is 10.1. The number of hydrogen-bond acceptors (Lipinski definition) is 9. The molecule has 2 bridgehead atoms. The summed E-state index contributed by atoms with van der Waals surface area (Å²) in [5.74, 6) is -2.82. The molecule has 2 aromatic rings. The Kier molecular flexibility index (Phi) is 12.5. The third kappa shape index (κ3) is 10.2. The van der Waals surface area contributed by atoms with Crippen molar-refractivity contribution >= 4 is 23.9 Å². The second-order valence-electron chi connectivity index (χ2n) is 6.76. The minimum atomic E-state index is -1.06. The Hall–Kier alpha value is -3.80. The molecular formula is C23H26O11. The smallest absolute Gasteiger partial charge is 0.338 e. The predicted molar refractivity (Wildman–Crippen MR) is 117 cm³/mol. The van der Waals surface area contributed by atoms with Gasteiger partial charge in [-0.1, -0.05) is 0 Å². The van der Waals surface area contributed by atoms with Gasteiger partial charge in [-0.25, -0.2) is 19.2 Å². The van der Waals surface area contributed by atoms with Gasteiger partial charge in [0.05, 0.1) is 48.7 Å². The molecule has 0 spiro atoms. The minimum absolute atomic E-state index is 0.0833. The maximum atomic E-state index is 11.5. The van der Waals surface area contributed by atoms with Crippen LogP contribution in [0.15, 0.2) is 48.5 Å². The van der Waals surface area contributed by atoms with Gasteiger partial charge >= 0.3 is 23.9 Å². The Labute approximate surface area is 194 Å². The SMILES string of the molecule is O=C(O)c1ccc(C(=O)O)cc1.O=C1OCCCCOC(=O)c2ccc1cc2.OCC(O)CO. The Morgan fingerprint density at radius 1 is 0.706 bits per heavy atom. The normalized spacial score (nSPS) is 13.1. The van der Waals surface area contributed by atoms with Gasteiger partial charge in [-0.3, -0.25) is 0 Å². The van der Waals surface area contributed by atoms with Crippen molar-refractivity contribution in [3.63, 3.8) is 0 Å². The van der Waals surface area contributed by atoms with Crippen LogP contribution in [0.3, 0.4) is 0 Å². The van der Waals surface area contributed by atoms with Gasteiger partial charge in [-0.05, 0) is 61.4 Å². The fraction of sp³-hybridized carbons (Fsp3) is 0.304. The summed E-state index contributed by atoms with van der Waals surface area (Å²) in [4.78, 5) is 43.6. The van der Waals surface area contributed by atoms with E-state index in [1.165, 1.54) is 24.3 Å². The fourth-order valence-corrected chi connectivity index (χ4v) is 2.26. The van der Waals surface area contributed by atoms with Crippen molar-refractivity contribution in [3.8, 4) is 0 Å². The number of aliphatic hydroxyl groups excluding tert-OH is 3. The molecule has 0 amide bonds. The van der Waals surface area contributed by atoms with Crippen molar-refractivity contribution in [3.05, 3.63) is 70.8 Å². The monoisotopic (exact) mass is 478 g/mol. The van der Waals surface area contributed by atoms with E-state index in [-0.39, 0.29) is 36.3 Å². The molecule has 34 heavy (non-hydrogen) atoms. The number of aromatic carboxylic acids is 2. The highest BCUT2D eigenvalue weighted by molar-refractivity contribution is 5.93. The number of fused-ring (bicyclic) bond motifs is 9. The van der Waals surface area contributed by atoms with Gasteiger partial charge in [-0.2, -0.15) is 0 Å². The van der Waals surface area contributed by atoms with Crippen LogP contribution in [0, 0.1) is 0 Å². The van der Waals surface area contributed by atoms with Crippen molar-refractivity contribution in [1.82, 2.24) is 0 Å². The van der Waals surface area contributed by atoms with E-state index in [1.807, 2.05) is 0 Å².